The first-order valence-corrected chi connectivity index (χ1v) is 11.0. The maximum atomic E-state index is 11.7. The molecule has 2 rings (SSSR count). The Balaban J connectivity index is 1.91. The first-order chi connectivity index (χ1) is 13.3. The Morgan fingerprint density at radius 1 is 1.04 bits per heavy atom. The third kappa shape index (κ3) is 7.32. The summed E-state index contributed by atoms with van der Waals surface area (Å²) in [5, 5.41) is 2.77. The summed E-state index contributed by atoms with van der Waals surface area (Å²) in [4.78, 5) is 11.0. The maximum absolute atomic E-state index is 11.7. The average Bonchev–Trinajstić information content (AvgIpc) is 2.66. The van der Waals surface area contributed by atoms with Crippen LogP contribution in [0.15, 0.2) is 48.5 Å². The van der Waals surface area contributed by atoms with E-state index in [1.807, 2.05) is 62.4 Å². The van der Waals surface area contributed by atoms with Gasteiger partial charge in [0.1, 0.15) is 11.9 Å². The third-order valence-electron chi connectivity index (χ3n) is 4.08. The third-order valence-corrected chi connectivity index (χ3v) is 5.64. The largest absolute Gasteiger partial charge is 0.489 e. The van der Waals surface area contributed by atoms with Crippen molar-refractivity contribution in [3.63, 3.8) is 0 Å². The Morgan fingerprint density at radius 3 is 2.14 bits per heavy atom. The first-order valence-electron chi connectivity index (χ1n) is 9.37. The lowest BCUT2D eigenvalue weighted by Gasteiger charge is -2.16. The highest BCUT2D eigenvalue weighted by Crippen LogP contribution is 2.23. The molecule has 0 aliphatic rings. The quantitative estimate of drug-likeness (QED) is 0.637. The number of ether oxygens (including phenoxy) is 1. The highest BCUT2D eigenvalue weighted by atomic mass is 32.2. The van der Waals surface area contributed by atoms with E-state index in [0.717, 1.165) is 16.7 Å². The fraction of sp³-hybridized carbons (Fsp3) is 0.381. The molecule has 0 aliphatic heterocycles. The second-order valence-corrected chi connectivity index (χ2v) is 8.65. The monoisotopic (exact) mass is 404 g/mol. The molecule has 1 unspecified atom stereocenters. The number of benzene rings is 2. The molecule has 0 saturated carbocycles. The van der Waals surface area contributed by atoms with Gasteiger partial charge in [0.25, 0.3) is 0 Å². The molecule has 0 aromatic heterocycles. The minimum atomic E-state index is -3.23. The van der Waals surface area contributed by atoms with Crippen molar-refractivity contribution in [3.05, 3.63) is 54.1 Å². The van der Waals surface area contributed by atoms with Gasteiger partial charge in [-0.05, 0) is 42.2 Å². The summed E-state index contributed by atoms with van der Waals surface area (Å²) in [7, 11) is -3.23. The Bertz CT molecular complexity index is 862. The second-order valence-electron chi connectivity index (χ2n) is 6.73. The molecular weight excluding hydrogens is 376 g/mol. The van der Waals surface area contributed by atoms with Crippen LogP contribution in [-0.2, 0) is 21.4 Å². The van der Waals surface area contributed by atoms with E-state index >= 15 is 0 Å². The van der Waals surface area contributed by atoms with Gasteiger partial charge >= 0.3 is 0 Å². The molecule has 2 aromatic rings. The van der Waals surface area contributed by atoms with Crippen LogP contribution in [0.25, 0.3) is 11.1 Å². The number of amides is 1. The minimum absolute atomic E-state index is 0.0490. The summed E-state index contributed by atoms with van der Waals surface area (Å²) in [6.07, 6.45) is 0.311. The van der Waals surface area contributed by atoms with Crippen LogP contribution < -0.4 is 14.8 Å². The standard InChI is InChI=1S/C21H28N2O4S/c1-4-13-28(25,26)23-14-16(2)27-21-11-9-20(10-12-21)19-7-5-18(6-8-19)15-22-17(3)24/h5-12,16,23H,4,13-15H2,1-3H3,(H,22,24). The number of hydrogen-bond acceptors (Lipinski definition) is 4. The normalized spacial score (nSPS) is 12.4. The van der Waals surface area contributed by atoms with Crippen molar-refractivity contribution in [2.45, 2.75) is 39.8 Å². The van der Waals surface area contributed by atoms with Gasteiger partial charge in [0.15, 0.2) is 0 Å². The van der Waals surface area contributed by atoms with Gasteiger partial charge in [0.2, 0.25) is 15.9 Å². The van der Waals surface area contributed by atoms with Crippen molar-refractivity contribution in [1.82, 2.24) is 10.0 Å². The zero-order chi connectivity index (χ0) is 20.6. The van der Waals surface area contributed by atoms with E-state index < -0.39 is 10.0 Å². The summed E-state index contributed by atoms with van der Waals surface area (Å²) in [5.41, 5.74) is 3.16. The van der Waals surface area contributed by atoms with Crippen molar-refractivity contribution >= 4 is 15.9 Å². The lowest BCUT2D eigenvalue weighted by Crippen LogP contribution is -2.34. The van der Waals surface area contributed by atoms with Crippen LogP contribution in [0.1, 0.15) is 32.8 Å². The molecule has 2 N–H and O–H groups in total. The van der Waals surface area contributed by atoms with E-state index in [0.29, 0.717) is 18.7 Å². The molecule has 0 fully saturated rings. The number of rotatable bonds is 10. The predicted molar refractivity (Wildman–Crippen MR) is 112 cm³/mol. The van der Waals surface area contributed by atoms with Crippen LogP contribution in [-0.4, -0.2) is 32.7 Å². The highest BCUT2D eigenvalue weighted by Gasteiger charge is 2.12. The second kappa shape index (κ2) is 10.2. The molecule has 6 nitrogen and oxygen atoms in total. The first kappa shape index (κ1) is 21.9. The summed E-state index contributed by atoms with van der Waals surface area (Å²) in [6, 6.07) is 15.7. The lowest BCUT2D eigenvalue weighted by atomic mass is 10.0. The SMILES string of the molecule is CCCS(=O)(=O)NCC(C)Oc1ccc(-c2ccc(CNC(C)=O)cc2)cc1. The number of sulfonamides is 1. The van der Waals surface area contributed by atoms with E-state index in [2.05, 4.69) is 10.0 Å². The van der Waals surface area contributed by atoms with E-state index in [1.54, 1.807) is 0 Å². The van der Waals surface area contributed by atoms with Crippen LogP contribution in [0.5, 0.6) is 5.75 Å². The zero-order valence-corrected chi connectivity index (χ0v) is 17.4. The number of carbonyl (C=O) groups excluding carboxylic acids is 1. The molecule has 28 heavy (non-hydrogen) atoms. The van der Waals surface area contributed by atoms with Gasteiger partial charge in [0, 0.05) is 20.0 Å². The molecule has 0 heterocycles. The summed E-state index contributed by atoms with van der Waals surface area (Å²) >= 11 is 0. The zero-order valence-electron chi connectivity index (χ0n) is 16.6. The van der Waals surface area contributed by atoms with Gasteiger partial charge in [0.05, 0.1) is 5.75 Å². The molecule has 0 aliphatic carbocycles. The summed E-state index contributed by atoms with van der Waals surface area (Å²) in [6.45, 7) is 5.91. The topological polar surface area (TPSA) is 84.5 Å². The van der Waals surface area contributed by atoms with Gasteiger partial charge in [-0.1, -0.05) is 43.3 Å². The van der Waals surface area contributed by atoms with Crippen LogP contribution in [0, 0.1) is 0 Å². The predicted octanol–water partition coefficient (Wildman–Crippen LogP) is 3.09. The molecule has 0 saturated heterocycles. The molecule has 2 aromatic carbocycles. The fourth-order valence-corrected chi connectivity index (χ4v) is 3.80. The maximum Gasteiger partial charge on any atom is 0.217 e. The van der Waals surface area contributed by atoms with E-state index in [4.69, 9.17) is 4.74 Å². The highest BCUT2D eigenvalue weighted by molar-refractivity contribution is 7.89. The van der Waals surface area contributed by atoms with Gasteiger partial charge < -0.3 is 10.1 Å². The van der Waals surface area contributed by atoms with Crippen LogP contribution in [0.2, 0.25) is 0 Å². The smallest absolute Gasteiger partial charge is 0.217 e. The molecule has 0 radical (unpaired) electrons. The van der Waals surface area contributed by atoms with Gasteiger partial charge in [-0.15, -0.1) is 0 Å². The van der Waals surface area contributed by atoms with Gasteiger partial charge in [-0.25, -0.2) is 13.1 Å². The molecular formula is C21H28N2O4S. The Kier molecular flexibility index (Phi) is 8.02. The summed E-state index contributed by atoms with van der Waals surface area (Å²) in [5.74, 6) is 0.762. The number of carbonyl (C=O) groups is 1. The van der Waals surface area contributed by atoms with Crippen LogP contribution in [0.3, 0.4) is 0 Å². The molecule has 152 valence electrons. The Morgan fingerprint density at radius 2 is 1.61 bits per heavy atom. The molecule has 1 amide bonds. The Hall–Kier alpha value is -2.38. The molecule has 7 heteroatoms. The minimum Gasteiger partial charge on any atom is -0.489 e. The van der Waals surface area contributed by atoms with Crippen LogP contribution in [0.4, 0.5) is 0 Å². The number of hydrogen-bond donors (Lipinski definition) is 2. The van der Waals surface area contributed by atoms with Gasteiger partial charge in [-0.2, -0.15) is 0 Å². The van der Waals surface area contributed by atoms with Crippen molar-refractivity contribution in [2.75, 3.05) is 12.3 Å². The van der Waals surface area contributed by atoms with Crippen LogP contribution >= 0.6 is 0 Å². The van der Waals surface area contributed by atoms with Crippen molar-refractivity contribution < 1.29 is 17.9 Å². The van der Waals surface area contributed by atoms with E-state index in [1.165, 1.54) is 6.92 Å². The molecule has 1 atom stereocenters. The summed E-state index contributed by atoms with van der Waals surface area (Å²) < 4.78 is 31.7. The van der Waals surface area contributed by atoms with Crippen molar-refractivity contribution in [2.24, 2.45) is 0 Å². The van der Waals surface area contributed by atoms with Crippen molar-refractivity contribution in [3.8, 4) is 16.9 Å². The molecule has 0 bridgehead atoms. The van der Waals surface area contributed by atoms with Gasteiger partial charge in [-0.3, -0.25) is 4.79 Å². The lowest BCUT2D eigenvalue weighted by molar-refractivity contribution is -0.119. The van der Waals surface area contributed by atoms with E-state index in [9.17, 15) is 13.2 Å². The Labute approximate surface area is 167 Å². The average molecular weight is 405 g/mol. The fourth-order valence-electron chi connectivity index (χ4n) is 2.63. The number of nitrogens with one attached hydrogen (secondary N) is 2. The molecule has 0 spiro atoms. The van der Waals surface area contributed by atoms with Crippen molar-refractivity contribution in [1.29, 1.82) is 0 Å². The van der Waals surface area contributed by atoms with E-state index in [-0.39, 0.29) is 24.3 Å².